The molecule has 0 radical (unpaired) electrons. The van der Waals surface area contributed by atoms with Gasteiger partial charge in [0.1, 0.15) is 24.0 Å². The van der Waals surface area contributed by atoms with E-state index in [1.165, 1.54) is 17.8 Å². The van der Waals surface area contributed by atoms with Crippen molar-refractivity contribution in [3.05, 3.63) is 36.7 Å². The molecule has 1 unspecified atom stereocenters. The zero-order valence-corrected chi connectivity index (χ0v) is 23.6. The minimum absolute atomic E-state index is 0.0357. The Labute approximate surface area is 235 Å². The van der Waals surface area contributed by atoms with Crippen molar-refractivity contribution in [1.82, 2.24) is 24.6 Å². The number of carbonyl (C=O) groups is 1. The molecule has 2 fully saturated rings. The van der Waals surface area contributed by atoms with Crippen molar-refractivity contribution in [2.24, 2.45) is 0 Å². The third-order valence-electron chi connectivity index (χ3n) is 6.36. The van der Waals surface area contributed by atoms with Gasteiger partial charge < -0.3 is 30.2 Å². The number of aromatic nitrogens is 4. The van der Waals surface area contributed by atoms with Gasteiger partial charge in [0.15, 0.2) is 29.4 Å². The van der Waals surface area contributed by atoms with E-state index in [1.54, 1.807) is 44.2 Å². The molecule has 14 nitrogen and oxygen atoms in total. The van der Waals surface area contributed by atoms with Crippen molar-refractivity contribution >= 4 is 36.6 Å². The summed E-state index contributed by atoms with van der Waals surface area (Å²) in [6, 6.07) is 7.34. The molecule has 6 atom stereocenters. The van der Waals surface area contributed by atoms with Crippen LogP contribution in [0, 0.1) is 0 Å². The maximum Gasteiger partial charge on any atom is 0.459 e. The molecule has 2 aliphatic rings. The lowest BCUT2D eigenvalue weighted by Crippen LogP contribution is -2.37. The summed E-state index contributed by atoms with van der Waals surface area (Å²) in [5.41, 5.74) is 6.49. The number of halogens is 1. The van der Waals surface area contributed by atoms with Gasteiger partial charge in [0.25, 0.3) is 0 Å². The molecule has 3 aromatic rings. The van der Waals surface area contributed by atoms with Crippen LogP contribution in [0.3, 0.4) is 0 Å². The van der Waals surface area contributed by atoms with Crippen molar-refractivity contribution < 1.29 is 37.4 Å². The Balaban J connectivity index is 1.32. The molecule has 1 saturated carbocycles. The largest absolute Gasteiger partial charge is 0.462 e. The van der Waals surface area contributed by atoms with Crippen LogP contribution in [0.1, 0.15) is 39.8 Å². The van der Waals surface area contributed by atoms with Crippen molar-refractivity contribution in [3.63, 3.8) is 0 Å². The normalized spacial score (nSPS) is 24.7. The second-order valence-electron chi connectivity index (χ2n) is 10.2. The van der Waals surface area contributed by atoms with Crippen LogP contribution < -0.4 is 20.7 Å². The van der Waals surface area contributed by atoms with Crippen LogP contribution in [0.4, 0.5) is 16.2 Å². The van der Waals surface area contributed by atoms with Gasteiger partial charge in [-0.2, -0.15) is 15.1 Å². The zero-order valence-electron chi connectivity index (χ0n) is 22.7. The Morgan fingerprint density at radius 1 is 1.27 bits per heavy atom. The van der Waals surface area contributed by atoms with Gasteiger partial charge in [-0.05, 0) is 45.7 Å². The number of nitrogen functional groups attached to an aromatic ring is 1. The molecule has 0 bridgehead atoms. The number of nitrogens with one attached hydrogen (secondary N) is 2. The average molecular weight is 594 g/mol. The van der Waals surface area contributed by atoms with E-state index >= 15 is 4.39 Å². The zero-order chi connectivity index (χ0) is 29.3. The second-order valence-corrected chi connectivity index (χ2v) is 11.9. The summed E-state index contributed by atoms with van der Waals surface area (Å²) in [6.45, 7) is 4.25. The second kappa shape index (κ2) is 11.9. The molecule has 0 spiro atoms. The number of benzene rings is 1. The Kier molecular flexibility index (Phi) is 8.43. The number of aliphatic hydroxyl groups excluding tert-OH is 1. The SMILES string of the molecule is CC(C)OC(=O)[C@@H](C)NP(=O)(OC[C@H]1O[C@@H](n2cnc3c(NC4CC4)nc(N)nc32)[C@@H](F)[C@@H]1O)Oc1ccccc1. The van der Waals surface area contributed by atoms with Crippen molar-refractivity contribution in [3.8, 4) is 5.75 Å². The minimum atomic E-state index is -4.26. The Morgan fingerprint density at radius 2 is 2.00 bits per heavy atom. The smallest absolute Gasteiger partial charge is 0.459 e. The highest BCUT2D eigenvalue weighted by Gasteiger charge is 2.47. The molecule has 1 aliphatic carbocycles. The standard InChI is InChI=1S/C25H33FN7O7P/c1-13(2)38-24(35)14(3)32-41(36,40-16-7-5-4-6-8-16)37-11-17-20(34)18(26)23(39-17)33-12-28-19-21(29-15-9-10-15)30-25(27)31-22(19)33/h4-8,12-15,17-18,20,23,34H,9-11H2,1-3H3,(H,32,36)(H3,27,29,30,31)/t14-,17-,18+,20-,23-,41?/m1/s1. The highest BCUT2D eigenvalue weighted by atomic mass is 31.2. The van der Waals surface area contributed by atoms with Crippen LogP contribution in [-0.2, 0) is 23.4 Å². The summed E-state index contributed by atoms with van der Waals surface area (Å²) in [5.74, 6) is -0.0887. The fraction of sp³-hybridized carbons (Fsp3) is 0.520. The molecule has 16 heteroatoms. The number of fused-ring (bicyclic) bond motifs is 1. The average Bonchev–Trinajstić information content (AvgIpc) is 3.57. The van der Waals surface area contributed by atoms with Crippen molar-refractivity contribution in [2.45, 2.75) is 76.4 Å². The van der Waals surface area contributed by atoms with Crippen LogP contribution in [0.25, 0.3) is 11.2 Å². The maximum atomic E-state index is 15.4. The number of para-hydroxylation sites is 1. The molecule has 41 heavy (non-hydrogen) atoms. The summed E-state index contributed by atoms with van der Waals surface area (Å²) < 4.78 is 52.6. The molecule has 0 amide bonds. The number of carbonyl (C=O) groups excluding carboxylic acids is 1. The third-order valence-corrected chi connectivity index (χ3v) is 8.00. The van der Waals surface area contributed by atoms with Crippen LogP contribution in [0.2, 0.25) is 0 Å². The van der Waals surface area contributed by atoms with Gasteiger partial charge in [-0.25, -0.2) is 13.9 Å². The molecule has 3 heterocycles. The minimum Gasteiger partial charge on any atom is -0.462 e. The number of nitrogens with zero attached hydrogens (tertiary/aromatic N) is 4. The summed E-state index contributed by atoms with van der Waals surface area (Å²) in [4.78, 5) is 25.1. The quantitative estimate of drug-likeness (QED) is 0.178. The van der Waals surface area contributed by atoms with E-state index in [0.717, 1.165) is 12.8 Å². The van der Waals surface area contributed by atoms with E-state index in [9.17, 15) is 14.5 Å². The van der Waals surface area contributed by atoms with Crippen LogP contribution >= 0.6 is 7.75 Å². The van der Waals surface area contributed by atoms with E-state index in [0.29, 0.717) is 11.3 Å². The highest BCUT2D eigenvalue weighted by molar-refractivity contribution is 7.52. The van der Waals surface area contributed by atoms with Crippen molar-refractivity contribution in [2.75, 3.05) is 17.7 Å². The Hall–Kier alpha value is -3.36. The summed E-state index contributed by atoms with van der Waals surface area (Å²) in [6.07, 6.45) is -3.27. The molecule has 222 valence electrons. The van der Waals surface area contributed by atoms with Crippen LogP contribution in [0.15, 0.2) is 36.7 Å². The number of esters is 1. The Morgan fingerprint density at radius 3 is 2.68 bits per heavy atom. The van der Waals surface area contributed by atoms with Gasteiger partial charge in [-0.15, -0.1) is 0 Å². The molecule has 1 aliphatic heterocycles. The Bertz CT molecular complexity index is 1420. The lowest BCUT2D eigenvalue weighted by molar-refractivity contribution is -0.149. The molecule has 1 saturated heterocycles. The number of alkyl halides is 1. The summed E-state index contributed by atoms with van der Waals surface area (Å²) in [5, 5.41) is 16.5. The first-order chi connectivity index (χ1) is 19.5. The number of nitrogens with two attached hydrogens (primary N) is 1. The number of ether oxygens (including phenoxy) is 2. The van der Waals surface area contributed by atoms with E-state index in [-0.39, 0.29) is 23.4 Å². The maximum absolute atomic E-state index is 15.4. The number of hydrogen-bond donors (Lipinski definition) is 4. The fourth-order valence-electron chi connectivity index (χ4n) is 4.21. The highest BCUT2D eigenvalue weighted by Crippen LogP contribution is 2.46. The predicted octanol–water partition coefficient (Wildman–Crippen LogP) is 2.71. The number of hydrogen-bond acceptors (Lipinski definition) is 12. The van der Waals surface area contributed by atoms with Gasteiger partial charge in [-0.3, -0.25) is 13.9 Å². The molecule has 5 N–H and O–H groups in total. The summed E-state index contributed by atoms with van der Waals surface area (Å²) in [7, 11) is -4.26. The molecule has 5 rings (SSSR count). The van der Waals surface area contributed by atoms with Crippen LogP contribution in [0.5, 0.6) is 5.75 Å². The molecular weight excluding hydrogens is 560 g/mol. The number of rotatable bonds is 12. The van der Waals surface area contributed by atoms with E-state index in [2.05, 4.69) is 25.4 Å². The van der Waals surface area contributed by atoms with Gasteiger partial charge in [-0.1, -0.05) is 18.2 Å². The molecular formula is C25H33FN7O7P. The first kappa shape index (κ1) is 29.1. The van der Waals surface area contributed by atoms with Gasteiger partial charge >= 0.3 is 13.7 Å². The topological polar surface area (TPSA) is 185 Å². The predicted molar refractivity (Wildman–Crippen MR) is 146 cm³/mol. The number of aliphatic hydroxyl groups is 1. The number of imidazole rings is 1. The lowest BCUT2D eigenvalue weighted by Gasteiger charge is -2.25. The van der Waals surface area contributed by atoms with Gasteiger partial charge in [0.2, 0.25) is 5.95 Å². The van der Waals surface area contributed by atoms with Gasteiger partial charge in [0.05, 0.1) is 19.0 Å². The molecule has 1 aromatic carbocycles. The van der Waals surface area contributed by atoms with Crippen molar-refractivity contribution in [1.29, 1.82) is 0 Å². The monoisotopic (exact) mass is 593 g/mol. The van der Waals surface area contributed by atoms with Gasteiger partial charge in [0, 0.05) is 6.04 Å². The van der Waals surface area contributed by atoms with E-state index in [4.69, 9.17) is 24.3 Å². The fourth-order valence-corrected chi connectivity index (χ4v) is 5.71. The summed E-state index contributed by atoms with van der Waals surface area (Å²) >= 11 is 0. The lowest BCUT2D eigenvalue weighted by atomic mass is 10.1. The first-order valence-corrected chi connectivity index (χ1v) is 14.8. The third kappa shape index (κ3) is 6.76. The number of anilines is 2. The van der Waals surface area contributed by atoms with E-state index < -0.39 is 57.1 Å². The molecule has 2 aromatic heterocycles. The van der Waals surface area contributed by atoms with Crippen LogP contribution in [-0.4, -0.2) is 73.8 Å². The first-order valence-electron chi connectivity index (χ1n) is 13.2. The van der Waals surface area contributed by atoms with E-state index in [1.807, 2.05) is 0 Å².